The summed E-state index contributed by atoms with van der Waals surface area (Å²) in [6, 6.07) is 24.0. The summed E-state index contributed by atoms with van der Waals surface area (Å²) >= 11 is 0. The summed E-state index contributed by atoms with van der Waals surface area (Å²) in [6.45, 7) is 6.28. The number of nitro groups is 3. The number of amides is 2. The molecule has 5 aromatic carbocycles. The normalized spacial score (nSPS) is 15.9. The summed E-state index contributed by atoms with van der Waals surface area (Å²) in [5.41, 5.74) is 0.0508. The number of carbonyl (C=O) groups excluding carboxylic acids is 6. The number of nitrogens with zero attached hydrogens (tertiary/aromatic N) is 7. The first-order valence-corrected chi connectivity index (χ1v) is 25.9. The third-order valence-electron chi connectivity index (χ3n) is 12.5. The molecule has 81 heavy (non-hydrogen) atoms. The second-order valence-corrected chi connectivity index (χ2v) is 20.4. The number of β-lactam (4-membered cyclic amide) rings is 1. The van der Waals surface area contributed by atoms with Crippen molar-refractivity contribution in [3.63, 3.8) is 0 Å². The molecule has 2 aliphatic rings. The lowest BCUT2D eigenvalue weighted by molar-refractivity contribution is -0.902. The van der Waals surface area contributed by atoms with Crippen LogP contribution < -0.4 is 10.1 Å². The van der Waals surface area contributed by atoms with Gasteiger partial charge in [-0.1, -0.05) is 51.1 Å². The quantitative estimate of drug-likeness (QED) is 0.00975. The molecule has 28 nitrogen and oxygen atoms in total. The topological polar surface area (TPSA) is 375 Å². The number of rotatable bonds is 18. The molecular weight excluding hydrogens is 1090 g/mol. The molecule has 5 aromatic rings. The fourth-order valence-electron chi connectivity index (χ4n) is 8.65. The lowest BCUT2D eigenvalue weighted by atomic mass is 9.74. The number of non-ortho nitro benzene ring substituents is 3. The molecule has 2 aliphatic heterocycles. The van der Waals surface area contributed by atoms with Crippen molar-refractivity contribution < 1.29 is 85.0 Å². The van der Waals surface area contributed by atoms with Crippen molar-refractivity contribution in [3.05, 3.63) is 173 Å². The van der Waals surface area contributed by atoms with Gasteiger partial charge in [-0.05, 0) is 53.8 Å². The predicted octanol–water partition coefficient (Wildman–Crippen LogP) is 6.19. The number of aliphatic imine (C=N–C) groups is 2. The van der Waals surface area contributed by atoms with Gasteiger partial charge < -0.3 is 28.1 Å². The Balaban J connectivity index is 0.00000202. The van der Waals surface area contributed by atoms with E-state index in [0.29, 0.717) is 41.6 Å². The maximum absolute atomic E-state index is 13.8. The van der Waals surface area contributed by atoms with Crippen LogP contribution in [-0.2, 0) is 45.5 Å². The van der Waals surface area contributed by atoms with Gasteiger partial charge >= 0.3 is 30.0 Å². The van der Waals surface area contributed by atoms with Crippen molar-refractivity contribution in [1.29, 1.82) is 0 Å². The number of nitrogens with one attached hydrogen (secondary N) is 1. The lowest BCUT2D eigenvalue weighted by Crippen LogP contribution is -2.62. The zero-order valence-corrected chi connectivity index (χ0v) is 44.6. The maximum atomic E-state index is 13.8. The zero-order chi connectivity index (χ0) is 59.5. The van der Waals surface area contributed by atoms with Gasteiger partial charge in [0.05, 0.1) is 80.7 Å². The highest BCUT2D eigenvalue weighted by atomic mass is 32.2. The number of likely N-dealkylation sites (N-methyl/N-ethyl adjacent to an activating group) is 1. The number of ether oxygens (including phenoxy) is 3. The van der Waals surface area contributed by atoms with Crippen LogP contribution in [0.3, 0.4) is 0 Å². The van der Waals surface area contributed by atoms with Gasteiger partial charge in [0.2, 0.25) is 18.3 Å². The Morgan fingerprint density at radius 1 is 0.741 bits per heavy atom. The molecule has 424 valence electrons. The maximum Gasteiger partial charge on any atom is 0.422 e. The van der Waals surface area contributed by atoms with E-state index in [9.17, 15) is 59.1 Å². The average Bonchev–Trinajstić information content (AvgIpc) is 3.86. The van der Waals surface area contributed by atoms with Crippen LogP contribution in [0.1, 0.15) is 57.4 Å². The third-order valence-corrected chi connectivity index (χ3v) is 12.5. The highest BCUT2D eigenvalue weighted by Crippen LogP contribution is 2.49. The minimum Gasteiger partial charge on any atom is -0.748 e. The van der Waals surface area contributed by atoms with E-state index in [1.807, 2.05) is 59.1 Å². The van der Waals surface area contributed by atoms with E-state index in [2.05, 4.69) is 20.2 Å². The van der Waals surface area contributed by atoms with Crippen molar-refractivity contribution in [1.82, 2.24) is 10.2 Å². The number of guanidine groups is 1. The predicted molar refractivity (Wildman–Crippen MR) is 282 cm³/mol. The summed E-state index contributed by atoms with van der Waals surface area (Å²) < 4.78 is 44.1. The number of quaternary nitrogens is 1. The molecule has 0 saturated carbocycles. The number of benzene rings is 5. The highest BCUT2D eigenvalue weighted by Gasteiger charge is 2.59. The van der Waals surface area contributed by atoms with E-state index in [1.54, 1.807) is 12.1 Å². The fourth-order valence-corrected chi connectivity index (χ4v) is 8.65. The number of carbonyl (C=O) groups is 6. The van der Waals surface area contributed by atoms with Gasteiger partial charge in [0.1, 0.15) is 24.6 Å². The molecule has 2 amide bonds. The van der Waals surface area contributed by atoms with Crippen molar-refractivity contribution in [2.45, 2.75) is 33.4 Å². The molecular formula is C52H50N8O20S. The molecule has 0 unspecified atom stereocenters. The van der Waals surface area contributed by atoms with Crippen LogP contribution in [0, 0.1) is 48.1 Å². The highest BCUT2D eigenvalue weighted by molar-refractivity contribution is 7.84. The first-order chi connectivity index (χ1) is 38.1. The van der Waals surface area contributed by atoms with E-state index >= 15 is 0 Å². The van der Waals surface area contributed by atoms with Crippen molar-refractivity contribution in [2.24, 2.45) is 27.7 Å². The van der Waals surface area contributed by atoms with E-state index < -0.39 is 66.7 Å². The minimum atomic E-state index is -3.92. The number of hydrogen-bond acceptors (Lipinski definition) is 21. The second kappa shape index (κ2) is 25.7. The van der Waals surface area contributed by atoms with Crippen molar-refractivity contribution >= 4 is 86.2 Å². The minimum absolute atomic E-state index is 0.00627. The number of alkyl carbamates (subject to hydrolysis) is 1. The molecule has 7 rings (SSSR count). The SMILES string of the molecule is CC(C)[C@H]1C(=O)N2C(C(=O)OC(=O)c3ccc([N+](=O)[O-])cc3)=C(COc3cccc4c(C[N+](C)(C)CCN=C(N=COOC(=O)c5ccc([N+](=O)[O-])cc5)NC(=O)OC(=O)c5ccc([N+](=O)[O-])cc5)cccc34)[C@H](C)[C@H]12.CS(=O)(=O)[O-]. The number of hydrogen-bond donors (Lipinski definition) is 1. The molecule has 1 saturated heterocycles. The summed E-state index contributed by atoms with van der Waals surface area (Å²) in [4.78, 5) is 129. The van der Waals surface area contributed by atoms with Gasteiger partial charge in [0.25, 0.3) is 17.1 Å². The summed E-state index contributed by atoms with van der Waals surface area (Å²) in [7, 11) is -0.0848. The Kier molecular flexibility index (Phi) is 19.2. The second-order valence-electron chi connectivity index (χ2n) is 19.0. The fraction of sp³-hybridized carbons (Fsp3) is 0.269. The molecule has 29 heteroatoms. The van der Waals surface area contributed by atoms with Gasteiger partial charge in [-0.25, -0.2) is 42.3 Å². The summed E-state index contributed by atoms with van der Waals surface area (Å²) in [5, 5.41) is 36.9. The number of esters is 3. The largest absolute Gasteiger partial charge is 0.748 e. The Morgan fingerprint density at radius 2 is 1.23 bits per heavy atom. The molecule has 2 heterocycles. The van der Waals surface area contributed by atoms with E-state index in [-0.39, 0.29) is 76.4 Å². The third kappa shape index (κ3) is 15.7. The van der Waals surface area contributed by atoms with Crippen LogP contribution in [0.4, 0.5) is 21.9 Å². The van der Waals surface area contributed by atoms with Gasteiger partial charge in [0.15, 0.2) is 0 Å². The lowest BCUT2D eigenvalue weighted by Gasteiger charge is -2.47. The van der Waals surface area contributed by atoms with E-state index in [0.717, 1.165) is 77.0 Å². The molecule has 0 radical (unpaired) electrons. The molecule has 0 aliphatic carbocycles. The van der Waals surface area contributed by atoms with Gasteiger partial charge in [-0.3, -0.25) is 45.3 Å². The van der Waals surface area contributed by atoms with E-state index in [4.69, 9.17) is 32.1 Å². The molecule has 1 N–H and O–H groups in total. The van der Waals surface area contributed by atoms with Gasteiger partial charge in [-0.2, -0.15) is 4.99 Å². The average molecular weight is 1140 g/mol. The Labute approximate surface area is 459 Å². The molecule has 0 bridgehead atoms. The van der Waals surface area contributed by atoms with Crippen LogP contribution in [0.5, 0.6) is 5.75 Å². The van der Waals surface area contributed by atoms with Crippen molar-refractivity contribution in [2.75, 3.05) is 40.0 Å². The first-order valence-electron chi connectivity index (χ1n) is 24.0. The molecule has 0 aromatic heterocycles. The van der Waals surface area contributed by atoms with Crippen LogP contribution in [-0.4, -0.2) is 131 Å². The number of fused-ring (bicyclic) bond motifs is 2. The smallest absolute Gasteiger partial charge is 0.422 e. The Hall–Kier alpha value is -9.87. The van der Waals surface area contributed by atoms with Crippen LogP contribution >= 0.6 is 0 Å². The number of nitro benzene ring substituents is 3. The standard InChI is InChI=1S/C51H46N8O17.CH4O3S/c1-29(2)42-43-30(3)40(44(55(43)45(42)60)49(64)74-46(61)31-12-18-35(19-13-31)56(66)67)27-72-41-11-7-9-38-34(8-6-10-39(38)41)26-59(4,5)25-24-52-50(53-28-73-76-48(63)33-16-22-37(23-17-33)58(70)71)54-51(65)75-47(62)32-14-20-36(21-15-32)57(68)69;1-5(2,3)4/h6-23,28-30,42-43H,24-27H2,1-5H3;1H3,(H,2,3,4)/t30-,42+,43+;/m0./s1. The molecule has 0 spiro atoms. The van der Waals surface area contributed by atoms with Gasteiger partial charge in [0, 0.05) is 65.1 Å². The molecule has 1 fully saturated rings. The van der Waals surface area contributed by atoms with Crippen LogP contribution in [0.25, 0.3) is 10.8 Å². The van der Waals surface area contributed by atoms with Gasteiger partial charge in [-0.15, -0.1) is 0 Å². The monoisotopic (exact) mass is 1140 g/mol. The van der Waals surface area contributed by atoms with Crippen LogP contribution in [0.15, 0.2) is 130 Å². The summed E-state index contributed by atoms with van der Waals surface area (Å²) in [6.07, 6.45) is -0.123. The first kappa shape index (κ1) is 60.4. The van der Waals surface area contributed by atoms with Crippen molar-refractivity contribution in [3.8, 4) is 5.75 Å². The summed E-state index contributed by atoms with van der Waals surface area (Å²) in [5.74, 6) is -5.39. The van der Waals surface area contributed by atoms with E-state index in [1.165, 1.54) is 17.0 Å². The molecule has 3 atom stereocenters. The Bertz CT molecular complexity index is 3500. The zero-order valence-electron chi connectivity index (χ0n) is 43.8. The van der Waals surface area contributed by atoms with Crippen LogP contribution in [0.2, 0.25) is 0 Å². The Morgan fingerprint density at radius 3 is 1.75 bits per heavy atom.